The molecular weight excluding hydrogens is 305 g/mol. The third kappa shape index (κ3) is 3.03. The third-order valence-corrected chi connectivity index (χ3v) is 4.13. The molecule has 0 fully saturated rings. The molecule has 5 heteroatoms. The number of benzene rings is 2. The number of hydrogen-bond acceptors (Lipinski definition) is 3. The smallest absolute Gasteiger partial charge is 0.141 e. The summed E-state index contributed by atoms with van der Waals surface area (Å²) in [5, 5.41) is 3.33. The summed E-state index contributed by atoms with van der Waals surface area (Å²) in [7, 11) is 0. The van der Waals surface area contributed by atoms with Crippen molar-refractivity contribution in [2.45, 2.75) is 19.6 Å². The van der Waals surface area contributed by atoms with Gasteiger partial charge in [-0.1, -0.05) is 24.3 Å². The number of aromatic nitrogens is 2. The molecule has 2 heterocycles. The molecule has 0 saturated carbocycles. The summed E-state index contributed by atoms with van der Waals surface area (Å²) in [5.74, 6) is 1.30. The summed E-state index contributed by atoms with van der Waals surface area (Å²) < 4.78 is 19.2. The number of nitrogens with one attached hydrogen (secondary N) is 2. The highest BCUT2D eigenvalue weighted by molar-refractivity contribution is 5.64. The maximum Gasteiger partial charge on any atom is 0.141 e. The molecule has 2 aromatic carbocycles. The van der Waals surface area contributed by atoms with Gasteiger partial charge in [-0.15, -0.1) is 0 Å². The Labute approximate surface area is 139 Å². The Bertz CT molecular complexity index is 836. The van der Waals surface area contributed by atoms with E-state index in [4.69, 9.17) is 9.72 Å². The second-order valence-electron chi connectivity index (χ2n) is 5.85. The Morgan fingerprint density at radius 3 is 2.92 bits per heavy atom. The Hall–Kier alpha value is -2.66. The van der Waals surface area contributed by atoms with Gasteiger partial charge in [0, 0.05) is 19.5 Å². The van der Waals surface area contributed by atoms with Crippen LogP contribution in [0.15, 0.2) is 48.5 Å². The fraction of sp³-hybridized carbons (Fsp3) is 0.211. The van der Waals surface area contributed by atoms with Gasteiger partial charge >= 0.3 is 0 Å². The summed E-state index contributed by atoms with van der Waals surface area (Å²) in [5.41, 5.74) is 3.97. The minimum Gasteiger partial charge on any atom is -0.488 e. The standard InChI is InChI=1S/C19H18FN3O/c20-14-5-3-4-13(10-14)12-24-18-7-2-1-6-15(18)19-22-16-8-9-21-11-17(16)23-19/h1-7,10,21H,8-9,11-12H2,(H,22,23). The van der Waals surface area contributed by atoms with Gasteiger partial charge < -0.3 is 15.0 Å². The van der Waals surface area contributed by atoms with Crippen molar-refractivity contribution in [2.75, 3.05) is 6.54 Å². The van der Waals surface area contributed by atoms with E-state index in [9.17, 15) is 4.39 Å². The van der Waals surface area contributed by atoms with Gasteiger partial charge in [0.05, 0.1) is 17.0 Å². The first-order chi connectivity index (χ1) is 11.8. The van der Waals surface area contributed by atoms with Gasteiger partial charge in [0.1, 0.15) is 24.0 Å². The molecule has 2 N–H and O–H groups in total. The molecule has 0 saturated heterocycles. The van der Waals surface area contributed by atoms with Crippen molar-refractivity contribution in [3.05, 3.63) is 71.3 Å². The third-order valence-electron chi connectivity index (χ3n) is 4.13. The SMILES string of the molecule is Fc1cccc(COc2ccccc2-c2nc3c([nH]2)CNCC3)c1. The summed E-state index contributed by atoms with van der Waals surface area (Å²) in [4.78, 5) is 8.10. The number of imidazole rings is 1. The van der Waals surface area contributed by atoms with E-state index in [0.717, 1.165) is 53.6 Å². The second kappa shape index (κ2) is 6.45. The predicted octanol–water partition coefficient (Wildman–Crippen LogP) is 3.44. The molecule has 0 atom stereocenters. The minimum atomic E-state index is -0.254. The van der Waals surface area contributed by atoms with Crippen molar-refractivity contribution in [3.8, 4) is 17.1 Å². The Morgan fingerprint density at radius 1 is 1.12 bits per heavy atom. The molecule has 1 aliphatic heterocycles. The monoisotopic (exact) mass is 323 g/mol. The lowest BCUT2D eigenvalue weighted by atomic mass is 10.2. The molecule has 1 aromatic heterocycles. The van der Waals surface area contributed by atoms with Crippen LogP contribution in [0.2, 0.25) is 0 Å². The van der Waals surface area contributed by atoms with Gasteiger partial charge in [0.25, 0.3) is 0 Å². The number of nitrogens with zero attached hydrogens (tertiary/aromatic N) is 1. The lowest BCUT2D eigenvalue weighted by Gasteiger charge is -2.10. The molecule has 4 nitrogen and oxygen atoms in total. The maximum atomic E-state index is 13.3. The molecule has 0 radical (unpaired) electrons. The average molecular weight is 323 g/mol. The van der Waals surface area contributed by atoms with Crippen LogP contribution < -0.4 is 10.1 Å². The zero-order valence-electron chi connectivity index (χ0n) is 13.2. The van der Waals surface area contributed by atoms with Gasteiger partial charge in [-0.3, -0.25) is 0 Å². The van der Waals surface area contributed by atoms with Crippen LogP contribution in [0.3, 0.4) is 0 Å². The average Bonchev–Trinajstić information content (AvgIpc) is 3.04. The first-order valence-electron chi connectivity index (χ1n) is 8.05. The molecule has 0 amide bonds. The molecular formula is C19H18FN3O. The Kier molecular flexibility index (Phi) is 4.01. The number of fused-ring (bicyclic) bond motifs is 1. The molecule has 0 bridgehead atoms. The van der Waals surface area contributed by atoms with E-state index < -0.39 is 0 Å². The quantitative estimate of drug-likeness (QED) is 0.773. The highest BCUT2D eigenvalue weighted by Crippen LogP contribution is 2.29. The number of H-pyrrole nitrogens is 1. The van der Waals surface area contributed by atoms with Gasteiger partial charge in [0.15, 0.2) is 0 Å². The van der Waals surface area contributed by atoms with E-state index in [2.05, 4.69) is 10.3 Å². The van der Waals surface area contributed by atoms with Gasteiger partial charge in [0.2, 0.25) is 0 Å². The zero-order valence-corrected chi connectivity index (χ0v) is 13.2. The number of ether oxygens (including phenoxy) is 1. The lowest BCUT2D eigenvalue weighted by Crippen LogP contribution is -2.23. The number of hydrogen-bond donors (Lipinski definition) is 2. The highest BCUT2D eigenvalue weighted by Gasteiger charge is 2.17. The number of para-hydroxylation sites is 1. The summed E-state index contributed by atoms with van der Waals surface area (Å²) in [6.45, 7) is 2.08. The number of halogens is 1. The van der Waals surface area contributed by atoms with Crippen LogP contribution in [0.1, 0.15) is 17.0 Å². The topological polar surface area (TPSA) is 49.9 Å². The second-order valence-corrected chi connectivity index (χ2v) is 5.85. The molecule has 3 aromatic rings. The molecule has 0 unspecified atom stereocenters. The van der Waals surface area contributed by atoms with Crippen molar-refractivity contribution in [2.24, 2.45) is 0 Å². The van der Waals surface area contributed by atoms with Crippen molar-refractivity contribution in [1.82, 2.24) is 15.3 Å². The van der Waals surface area contributed by atoms with E-state index in [1.807, 2.05) is 30.3 Å². The summed E-state index contributed by atoms with van der Waals surface area (Å²) >= 11 is 0. The Balaban J connectivity index is 1.59. The van der Waals surface area contributed by atoms with E-state index in [-0.39, 0.29) is 5.82 Å². The zero-order chi connectivity index (χ0) is 16.4. The van der Waals surface area contributed by atoms with Crippen molar-refractivity contribution in [1.29, 1.82) is 0 Å². The predicted molar refractivity (Wildman–Crippen MR) is 90.2 cm³/mol. The van der Waals surface area contributed by atoms with E-state index in [1.165, 1.54) is 12.1 Å². The lowest BCUT2D eigenvalue weighted by molar-refractivity contribution is 0.306. The van der Waals surface area contributed by atoms with Gasteiger partial charge in [-0.2, -0.15) is 0 Å². The maximum absolute atomic E-state index is 13.3. The van der Waals surface area contributed by atoms with Crippen LogP contribution in [0.5, 0.6) is 5.75 Å². The van der Waals surface area contributed by atoms with Crippen LogP contribution in [0, 0.1) is 5.82 Å². The summed E-state index contributed by atoms with van der Waals surface area (Å²) in [6.07, 6.45) is 0.929. The first-order valence-corrected chi connectivity index (χ1v) is 8.05. The highest BCUT2D eigenvalue weighted by atomic mass is 19.1. The largest absolute Gasteiger partial charge is 0.488 e. The number of aromatic amines is 1. The molecule has 1 aliphatic rings. The van der Waals surface area contributed by atoms with Crippen molar-refractivity contribution in [3.63, 3.8) is 0 Å². The van der Waals surface area contributed by atoms with Crippen LogP contribution in [-0.2, 0) is 19.6 Å². The molecule has 122 valence electrons. The van der Waals surface area contributed by atoms with E-state index in [1.54, 1.807) is 6.07 Å². The molecule has 0 spiro atoms. The normalized spacial score (nSPS) is 13.5. The van der Waals surface area contributed by atoms with Gasteiger partial charge in [-0.05, 0) is 29.8 Å². The van der Waals surface area contributed by atoms with Crippen LogP contribution in [-0.4, -0.2) is 16.5 Å². The molecule has 0 aliphatic carbocycles. The van der Waals surface area contributed by atoms with Crippen molar-refractivity contribution >= 4 is 0 Å². The van der Waals surface area contributed by atoms with Crippen LogP contribution in [0.25, 0.3) is 11.4 Å². The fourth-order valence-corrected chi connectivity index (χ4v) is 2.92. The summed E-state index contributed by atoms with van der Waals surface area (Å²) in [6, 6.07) is 14.2. The first kappa shape index (κ1) is 14.9. The van der Waals surface area contributed by atoms with Gasteiger partial charge in [-0.25, -0.2) is 9.37 Å². The Morgan fingerprint density at radius 2 is 2.04 bits per heavy atom. The van der Waals surface area contributed by atoms with E-state index in [0.29, 0.717) is 6.61 Å². The fourth-order valence-electron chi connectivity index (χ4n) is 2.92. The molecule has 24 heavy (non-hydrogen) atoms. The molecule has 4 rings (SSSR count). The van der Waals surface area contributed by atoms with Crippen LogP contribution >= 0.6 is 0 Å². The van der Waals surface area contributed by atoms with E-state index >= 15 is 0 Å². The van der Waals surface area contributed by atoms with Crippen LogP contribution in [0.4, 0.5) is 4.39 Å². The van der Waals surface area contributed by atoms with Crippen molar-refractivity contribution < 1.29 is 9.13 Å². The minimum absolute atomic E-state index is 0.254. The number of rotatable bonds is 4.